The molecule has 3 heterocycles. The highest BCUT2D eigenvalue weighted by atomic mass is 16.5. The molecule has 1 atom stereocenters. The van der Waals surface area contributed by atoms with Gasteiger partial charge in [0.05, 0.1) is 31.4 Å². The Labute approximate surface area is 182 Å². The number of aliphatic hydroxyl groups is 1. The number of nitrogens with zero attached hydrogens (tertiary/aromatic N) is 2. The summed E-state index contributed by atoms with van der Waals surface area (Å²) in [6, 6.07) is 10.2. The van der Waals surface area contributed by atoms with Crippen molar-refractivity contribution in [3.63, 3.8) is 0 Å². The molecule has 31 heavy (non-hydrogen) atoms. The van der Waals surface area contributed by atoms with Gasteiger partial charge in [-0.2, -0.15) is 0 Å². The second kappa shape index (κ2) is 9.41. The van der Waals surface area contributed by atoms with Crippen molar-refractivity contribution in [3.05, 3.63) is 71.1 Å². The smallest absolute Gasteiger partial charge is 0.295 e. The maximum atomic E-state index is 13.0. The van der Waals surface area contributed by atoms with E-state index in [0.29, 0.717) is 12.1 Å². The van der Waals surface area contributed by atoms with Gasteiger partial charge >= 0.3 is 0 Å². The van der Waals surface area contributed by atoms with Crippen LogP contribution in [0, 0.1) is 6.92 Å². The second-order valence-electron chi connectivity index (χ2n) is 8.10. The molecular formula is C24H28N3O4+. The number of aryl methyl sites for hydroxylation is 1. The van der Waals surface area contributed by atoms with Crippen LogP contribution in [0.4, 0.5) is 0 Å². The lowest BCUT2D eigenvalue weighted by molar-refractivity contribution is -0.908. The number of aliphatic hydroxyl groups excluding tert-OH is 1. The van der Waals surface area contributed by atoms with Gasteiger partial charge in [-0.1, -0.05) is 29.8 Å². The molecule has 2 N–H and O–H groups in total. The number of benzene rings is 1. The summed E-state index contributed by atoms with van der Waals surface area (Å²) in [5.41, 5.74) is 2.48. The molecule has 0 radical (unpaired) electrons. The van der Waals surface area contributed by atoms with Crippen molar-refractivity contribution in [2.24, 2.45) is 0 Å². The summed E-state index contributed by atoms with van der Waals surface area (Å²) in [4.78, 5) is 33.1. The van der Waals surface area contributed by atoms with Gasteiger partial charge in [0.1, 0.15) is 18.8 Å². The molecule has 0 spiro atoms. The molecule has 7 heteroatoms. The molecule has 2 fully saturated rings. The molecule has 0 bridgehead atoms. The number of rotatable bonds is 6. The first-order valence-electron chi connectivity index (χ1n) is 10.7. The van der Waals surface area contributed by atoms with Gasteiger partial charge in [0.15, 0.2) is 0 Å². The number of ketones is 1. The predicted octanol–water partition coefficient (Wildman–Crippen LogP) is 1.12. The maximum absolute atomic E-state index is 13.0. The Balaban J connectivity index is 1.64. The molecule has 1 aromatic carbocycles. The van der Waals surface area contributed by atoms with E-state index in [2.05, 4.69) is 4.98 Å². The summed E-state index contributed by atoms with van der Waals surface area (Å²) in [7, 11) is 0. The average molecular weight is 423 g/mol. The van der Waals surface area contributed by atoms with Gasteiger partial charge in [-0.05, 0) is 24.6 Å². The number of quaternary nitrogens is 1. The summed E-state index contributed by atoms with van der Waals surface area (Å²) < 4.78 is 5.41. The predicted molar refractivity (Wildman–Crippen MR) is 115 cm³/mol. The quantitative estimate of drug-likeness (QED) is 0.414. The topological polar surface area (TPSA) is 84.2 Å². The van der Waals surface area contributed by atoms with Crippen LogP contribution in [-0.4, -0.2) is 66.1 Å². The number of pyridine rings is 1. The van der Waals surface area contributed by atoms with Crippen molar-refractivity contribution in [2.75, 3.05) is 39.4 Å². The van der Waals surface area contributed by atoms with Crippen LogP contribution in [0.2, 0.25) is 0 Å². The molecule has 162 valence electrons. The van der Waals surface area contributed by atoms with Gasteiger partial charge in [0.25, 0.3) is 11.7 Å². The zero-order chi connectivity index (χ0) is 21.8. The molecule has 2 aromatic rings. The molecule has 7 nitrogen and oxygen atoms in total. The van der Waals surface area contributed by atoms with Gasteiger partial charge in [-0.15, -0.1) is 0 Å². The summed E-state index contributed by atoms with van der Waals surface area (Å²) in [5, 5.41) is 11.0. The number of hydrogen-bond acceptors (Lipinski definition) is 5. The van der Waals surface area contributed by atoms with Crippen LogP contribution in [0.5, 0.6) is 0 Å². The van der Waals surface area contributed by atoms with Crippen LogP contribution in [0.15, 0.2) is 54.4 Å². The largest absolute Gasteiger partial charge is 0.507 e. The first kappa shape index (κ1) is 21.2. The minimum Gasteiger partial charge on any atom is -0.507 e. The number of aromatic nitrogens is 1. The third-order valence-corrected chi connectivity index (χ3v) is 6.02. The maximum Gasteiger partial charge on any atom is 0.295 e. The van der Waals surface area contributed by atoms with E-state index in [0.717, 1.165) is 50.4 Å². The minimum atomic E-state index is -0.640. The highest BCUT2D eigenvalue weighted by molar-refractivity contribution is 6.46. The Morgan fingerprint density at radius 1 is 1.13 bits per heavy atom. The Morgan fingerprint density at radius 3 is 2.48 bits per heavy atom. The molecule has 0 saturated carbocycles. The fraction of sp³-hybridized carbons (Fsp3) is 0.375. The summed E-state index contributed by atoms with van der Waals surface area (Å²) >= 11 is 0. The molecule has 4 rings (SSSR count). The molecule has 0 aliphatic carbocycles. The number of ether oxygens (including phenoxy) is 1. The summed E-state index contributed by atoms with van der Waals surface area (Å²) in [6.07, 6.45) is 4.05. The van der Waals surface area contributed by atoms with E-state index >= 15 is 0 Å². The fourth-order valence-corrected chi connectivity index (χ4v) is 4.28. The molecule has 2 saturated heterocycles. The van der Waals surface area contributed by atoms with Crippen LogP contribution in [0.25, 0.3) is 5.76 Å². The van der Waals surface area contributed by atoms with Gasteiger partial charge in [0.2, 0.25) is 0 Å². The molecule has 1 aromatic heterocycles. The number of likely N-dealkylation sites (tertiary alicyclic amines) is 1. The molecule has 2 aliphatic rings. The lowest BCUT2D eigenvalue weighted by Crippen LogP contribution is -3.14. The van der Waals surface area contributed by atoms with Gasteiger partial charge < -0.3 is 19.6 Å². The van der Waals surface area contributed by atoms with E-state index in [-0.39, 0.29) is 11.3 Å². The normalized spacial score (nSPS) is 21.6. The van der Waals surface area contributed by atoms with E-state index in [9.17, 15) is 14.7 Å². The first-order chi connectivity index (χ1) is 15.1. The van der Waals surface area contributed by atoms with Crippen molar-refractivity contribution >= 4 is 17.4 Å². The second-order valence-corrected chi connectivity index (χ2v) is 8.10. The number of nitrogens with one attached hydrogen (secondary N) is 1. The van der Waals surface area contributed by atoms with Crippen molar-refractivity contribution in [3.8, 4) is 0 Å². The van der Waals surface area contributed by atoms with E-state index in [4.69, 9.17) is 4.74 Å². The van der Waals surface area contributed by atoms with Crippen LogP contribution in [-0.2, 0) is 14.3 Å². The Bertz CT molecular complexity index is 966. The Morgan fingerprint density at radius 2 is 1.81 bits per heavy atom. The number of carbonyl (C=O) groups excluding carboxylic acids is 2. The molecule has 1 amide bonds. The number of amides is 1. The number of hydrogen-bond donors (Lipinski definition) is 2. The van der Waals surface area contributed by atoms with Crippen molar-refractivity contribution in [1.29, 1.82) is 0 Å². The van der Waals surface area contributed by atoms with Gasteiger partial charge in [-0.25, -0.2) is 0 Å². The monoisotopic (exact) mass is 422 g/mol. The SMILES string of the molecule is Cc1ccc(/C(O)=C2\C(=O)C(=O)N(CCC[NH+]3CCOCC3)[C@@H]2c2ccncc2)cc1. The lowest BCUT2D eigenvalue weighted by atomic mass is 9.95. The zero-order valence-electron chi connectivity index (χ0n) is 17.7. The molecule has 0 unspecified atom stereocenters. The minimum absolute atomic E-state index is 0.138. The highest BCUT2D eigenvalue weighted by Crippen LogP contribution is 2.39. The standard InChI is InChI=1S/C24H27N3O4/c1-17-3-5-19(6-4-17)22(28)20-21(18-7-9-25-10-8-18)27(24(30)23(20)29)12-2-11-26-13-15-31-16-14-26/h3-10,21,28H,2,11-16H2,1H3/p+1/b22-20+/t21-/m1/s1. The molecular weight excluding hydrogens is 394 g/mol. The van der Waals surface area contributed by atoms with Gasteiger partial charge in [-0.3, -0.25) is 14.6 Å². The Hall–Kier alpha value is -3.03. The number of Topliss-reactive ketones (excluding diaryl/α,β-unsaturated/α-hetero) is 1. The van der Waals surface area contributed by atoms with Crippen LogP contribution >= 0.6 is 0 Å². The lowest BCUT2D eigenvalue weighted by Gasteiger charge is -2.27. The van der Waals surface area contributed by atoms with Crippen molar-refractivity contribution in [1.82, 2.24) is 9.88 Å². The van der Waals surface area contributed by atoms with E-state index in [1.807, 2.05) is 19.1 Å². The third-order valence-electron chi connectivity index (χ3n) is 6.02. The number of carbonyl (C=O) groups is 2. The highest BCUT2D eigenvalue weighted by Gasteiger charge is 2.45. The van der Waals surface area contributed by atoms with E-state index in [1.54, 1.807) is 41.6 Å². The van der Waals surface area contributed by atoms with E-state index < -0.39 is 17.7 Å². The average Bonchev–Trinajstić information content (AvgIpc) is 3.05. The van der Waals surface area contributed by atoms with Crippen LogP contribution in [0.1, 0.15) is 29.2 Å². The number of morpholine rings is 1. The summed E-state index contributed by atoms with van der Waals surface area (Å²) in [6.45, 7) is 6.75. The fourth-order valence-electron chi connectivity index (χ4n) is 4.28. The van der Waals surface area contributed by atoms with E-state index in [1.165, 1.54) is 4.90 Å². The van der Waals surface area contributed by atoms with Crippen molar-refractivity contribution < 1.29 is 24.3 Å². The van der Waals surface area contributed by atoms with Crippen molar-refractivity contribution in [2.45, 2.75) is 19.4 Å². The zero-order valence-corrected chi connectivity index (χ0v) is 17.7. The molecule has 2 aliphatic heterocycles. The first-order valence-corrected chi connectivity index (χ1v) is 10.7. The van der Waals surface area contributed by atoms with Crippen LogP contribution in [0.3, 0.4) is 0 Å². The van der Waals surface area contributed by atoms with Crippen LogP contribution < -0.4 is 4.90 Å². The van der Waals surface area contributed by atoms with Gasteiger partial charge in [0, 0.05) is 30.9 Å². The Kier molecular flexibility index (Phi) is 6.44. The summed E-state index contributed by atoms with van der Waals surface area (Å²) in [5.74, 6) is -1.34. The third kappa shape index (κ3) is 4.52.